The van der Waals surface area contributed by atoms with E-state index in [0.717, 1.165) is 24.3 Å². The molecule has 4 aromatic rings. The highest BCUT2D eigenvalue weighted by Crippen LogP contribution is 2.27. The Bertz CT molecular complexity index is 1270. The molecule has 10 nitrogen and oxygen atoms in total. The summed E-state index contributed by atoms with van der Waals surface area (Å²) in [6.45, 7) is 6.39. The minimum absolute atomic E-state index is 0.120. The highest BCUT2D eigenvalue weighted by atomic mass is 16.6. The van der Waals surface area contributed by atoms with Crippen molar-refractivity contribution in [2.24, 2.45) is 0 Å². The molecule has 1 aliphatic rings. The number of rotatable bonds is 4. The summed E-state index contributed by atoms with van der Waals surface area (Å²) in [6.07, 6.45) is 1.20. The number of benzene rings is 1. The van der Waals surface area contributed by atoms with Crippen LogP contribution >= 0.6 is 0 Å². The molecular weight excluding hydrogens is 422 g/mol. The number of anilines is 2. The molecule has 33 heavy (non-hydrogen) atoms. The number of hydrogen-bond acceptors (Lipinski definition) is 8. The molecule has 3 aromatic heterocycles. The monoisotopic (exact) mass is 447 g/mol. The number of carbonyl (C=O) groups excluding carboxylic acids is 1. The highest BCUT2D eigenvalue weighted by Gasteiger charge is 2.23. The third-order valence-electron chi connectivity index (χ3n) is 5.47. The summed E-state index contributed by atoms with van der Waals surface area (Å²) in [5, 5.41) is 4.39. The minimum Gasteiger partial charge on any atom is -0.461 e. The Morgan fingerprint density at radius 3 is 2.64 bits per heavy atom. The van der Waals surface area contributed by atoms with E-state index in [1.165, 1.54) is 4.52 Å². The molecule has 10 heteroatoms. The summed E-state index contributed by atoms with van der Waals surface area (Å²) >= 11 is 0. The number of amides is 1. The SMILES string of the molecule is CC(C)OC(=O)N1CCN(c2cccc(-c3cc4nc(-c5ccco5)nn4c(N)n3)c2)CC1. The number of piperazine rings is 1. The molecule has 1 saturated heterocycles. The van der Waals surface area contributed by atoms with Gasteiger partial charge in [-0.2, -0.15) is 4.52 Å². The van der Waals surface area contributed by atoms with Crippen LogP contribution in [0.2, 0.25) is 0 Å². The Kier molecular flexibility index (Phi) is 5.33. The van der Waals surface area contributed by atoms with Crippen molar-refractivity contribution in [1.29, 1.82) is 0 Å². The lowest BCUT2D eigenvalue weighted by Gasteiger charge is -2.36. The van der Waals surface area contributed by atoms with E-state index in [2.05, 4.69) is 32.1 Å². The van der Waals surface area contributed by atoms with Gasteiger partial charge in [0.05, 0.1) is 18.1 Å². The van der Waals surface area contributed by atoms with E-state index >= 15 is 0 Å². The molecule has 0 atom stereocenters. The van der Waals surface area contributed by atoms with Gasteiger partial charge in [-0.1, -0.05) is 12.1 Å². The van der Waals surface area contributed by atoms with Crippen molar-refractivity contribution in [3.8, 4) is 22.8 Å². The topological polar surface area (TPSA) is 115 Å². The van der Waals surface area contributed by atoms with Gasteiger partial charge in [0.15, 0.2) is 11.4 Å². The highest BCUT2D eigenvalue weighted by molar-refractivity contribution is 5.71. The smallest absolute Gasteiger partial charge is 0.410 e. The van der Waals surface area contributed by atoms with Gasteiger partial charge in [-0.15, -0.1) is 5.10 Å². The number of aromatic nitrogens is 4. The van der Waals surface area contributed by atoms with Gasteiger partial charge in [-0.05, 0) is 38.1 Å². The number of carbonyl (C=O) groups is 1. The zero-order chi connectivity index (χ0) is 22.9. The van der Waals surface area contributed by atoms with Gasteiger partial charge in [-0.25, -0.2) is 14.8 Å². The summed E-state index contributed by atoms with van der Waals surface area (Å²) in [5.74, 6) is 1.27. The lowest BCUT2D eigenvalue weighted by molar-refractivity contribution is 0.0751. The lowest BCUT2D eigenvalue weighted by Crippen LogP contribution is -2.49. The Balaban J connectivity index is 1.37. The van der Waals surface area contributed by atoms with Crippen molar-refractivity contribution in [1.82, 2.24) is 24.5 Å². The van der Waals surface area contributed by atoms with Crippen molar-refractivity contribution in [2.75, 3.05) is 36.8 Å². The molecule has 1 aromatic carbocycles. The summed E-state index contributed by atoms with van der Waals surface area (Å²) in [6, 6.07) is 13.5. The van der Waals surface area contributed by atoms with Crippen molar-refractivity contribution >= 4 is 23.4 Å². The van der Waals surface area contributed by atoms with E-state index in [4.69, 9.17) is 14.9 Å². The third kappa shape index (κ3) is 4.19. The summed E-state index contributed by atoms with van der Waals surface area (Å²) < 4.78 is 12.2. The van der Waals surface area contributed by atoms with Crippen LogP contribution in [0, 0.1) is 0 Å². The van der Waals surface area contributed by atoms with E-state index in [0.29, 0.717) is 36.0 Å². The first kappa shape index (κ1) is 20.8. The first-order valence-electron chi connectivity index (χ1n) is 10.9. The van der Waals surface area contributed by atoms with Gasteiger partial charge in [-0.3, -0.25) is 0 Å². The number of ether oxygens (including phenoxy) is 1. The standard InChI is InChI=1S/C23H25N7O3/c1-15(2)33-23(31)29-10-8-28(9-11-29)17-6-3-5-16(13-17)18-14-20-26-21(19-7-4-12-32-19)27-30(20)22(24)25-18/h3-7,12-15H,8-11H2,1-2H3,(H2,24,25). The Morgan fingerprint density at radius 1 is 1.09 bits per heavy atom. The van der Waals surface area contributed by atoms with Crippen LogP contribution in [-0.4, -0.2) is 62.9 Å². The number of nitrogens with two attached hydrogens (primary N) is 1. The van der Waals surface area contributed by atoms with Gasteiger partial charge in [0.25, 0.3) is 0 Å². The van der Waals surface area contributed by atoms with Gasteiger partial charge in [0.1, 0.15) is 0 Å². The number of nitrogens with zero attached hydrogens (tertiary/aromatic N) is 6. The van der Waals surface area contributed by atoms with Crippen molar-refractivity contribution in [3.63, 3.8) is 0 Å². The Labute approximate surface area is 190 Å². The number of nitrogen functional groups attached to an aromatic ring is 1. The van der Waals surface area contributed by atoms with Crippen LogP contribution in [0.3, 0.4) is 0 Å². The first-order valence-corrected chi connectivity index (χ1v) is 10.9. The average molecular weight is 447 g/mol. The minimum atomic E-state index is -0.256. The maximum atomic E-state index is 12.2. The second-order valence-corrected chi connectivity index (χ2v) is 8.14. The molecule has 0 saturated carbocycles. The summed E-state index contributed by atoms with van der Waals surface area (Å²) in [4.78, 5) is 25.2. The average Bonchev–Trinajstić information content (AvgIpc) is 3.49. The molecule has 0 aliphatic carbocycles. The number of fused-ring (bicyclic) bond motifs is 1. The molecule has 170 valence electrons. The van der Waals surface area contributed by atoms with Gasteiger partial charge >= 0.3 is 6.09 Å². The van der Waals surface area contributed by atoms with Crippen LogP contribution in [-0.2, 0) is 4.74 Å². The van der Waals surface area contributed by atoms with Gasteiger partial charge < -0.3 is 24.7 Å². The Hall–Kier alpha value is -4.08. The largest absolute Gasteiger partial charge is 0.461 e. The maximum Gasteiger partial charge on any atom is 0.410 e. The van der Waals surface area contributed by atoms with Crippen molar-refractivity contribution < 1.29 is 13.9 Å². The van der Waals surface area contributed by atoms with E-state index in [-0.39, 0.29) is 18.1 Å². The molecule has 1 fully saturated rings. The van der Waals surface area contributed by atoms with Crippen LogP contribution in [0.1, 0.15) is 13.8 Å². The lowest BCUT2D eigenvalue weighted by atomic mass is 10.1. The third-order valence-corrected chi connectivity index (χ3v) is 5.47. The molecule has 0 spiro atoms. The summed E-state index contributed by atoms with van der Waals surface area (Å²) in [7, 11) is 0. The fraction of sp³-hybridized carbons (Fsp3) is 0.304. The number of hydrogen-bond donors (Lipinski definition) is 1. The predicted octanol–water partition coefficient (Wildman–Crippen LogP) is 3.30. The molecule has 2 N–H and O–H groups in total. The molecule has 1 aliphatic heterocycles. The molecule has 0 bridgehead atoms. The molecule has 4 heterocycles. The first-order chi connectivity index (χ1) is 16.0. The molecule has 0 unspecified atom stereocenters. The number of furan rings is 1. The second-order valence-electron chi connectivity index (χ2n) is 8.14. The van der Waals surface area contributed by atoms with Crippen LogP contribution in [0.4, 0.5) is 16.4 Å². The fourth-order valence-corrected chi connectivity index (χ4v) is 3.85. The molecular formula is C23H25N7O3. The van der Waals surface area contributed by atoms with Gasteiger partial charge in [0.2, 0.25) is 11.8 Å². The maximum absolute atomic E-state index is 12.2. The van der Waals surface area contributed by atoms with E-state index < -0.39 is 0 Å². The summed E-state index contributed by atoms with van der Waals surface area (Å²) in [5.41, 5.74) is 9.46. The fourth-order valence-electron chi connectivity index (χ4n) is 3.85. The van der Waals surface area contributed by atoms with E-state index in [9.17, 15) is 4.79 Å². The van der Waals surface area contributed by atoms with E-state index in [1.54, 1.807) is 23.3 Å². The van der Waals surface area contributed by atoms with Gasteiger partial charge in [0, 0.05) is 43.5 Å². The predicted molar refractivity (Wildman–Crippen MR) is 124 cm³/mol. The van der Waals surface area contributed by atoms with E-state index in [1.807, 2.05) is 32.0 Å². The van der Waals surface area contributed by atoms with Crippen LogP contribution in [0.15, 0.2) is 53.1 Å². The van der Waals surface area contributed by atoms with Crippen molar-refractivity contribution in [2.45, 2.75) is 20.0 Å². The molecule has 1 amide bonds. The van der Waals surface area contributed by atoms with Crippen LogP contribution in [0.25, 0.3) is 28.5 Å². The normalized spacial score (nSPS) is 14.3. The molecule has 0 radical (unpaired) electrons. The van der Waals surface area contributed by atoms with Crippen molar-refractivity contribution in [3.05, 3.63) is 48.7 Å². The quantitative estimate of drug-likeness (QED) is 0.507. The molecule has 5 rings (SSSR count). The zero-order valence-electron chi connectivity index (χ0n) is 18.5. The second kappa shape index (κ2) is 8.45. The van der Waals surface area contributed by atoms with Crippen LogP contribution < -0.4 is 10.6 Å². The Morgan fingerprint density at radius 2 is 1.91 bits per heavy atom. The zero-order valence-corrected chi connectivity index (χ0v) is 18.5. The van der Waals surface area contributed by atoms with Crippen LogP contribution in [0.5, 0.6) is 0 Å².